The van der Waals surface area contributed by atoms with Crippen LogP contribution in [0, 0.1) is 5.92 Å². The number of nitrogens with zero attached hydrogens (tertiary/aromatic N) is 4. The smallest absolute Gasteiger partial charge is 0.233 e. The molecule has 1 fully saturated rings. The van der Waals surface area contributed by atoms with E-state index in [1.54, 1.807) is 0 Å². The Hall–Kier alpha value is -1.34. The topological polar surface area (TPSA) is 51.0 Å². The number of thioether (sulfide) groups is 1. The number of carbonyl (C=O) groups is 1. The Morgan fingerprint density at radius 3 is 2.89 bits per heavy atom. The summed E-state index contributed by atoms with van der Waals surface area (Å²) in [5.74, 6) is 2.42. The molecule has 2 aromatic rings. The Morgan fingerprint density at radius 2 is 2.11 bits per heavy atom. The van der Waals surface area contributed by atoms with Gasteiger partial charge in [-0.05, 0) is 56.1 Å². The molecule has 7 heteroatoms. The predicted octanol–water partition coefficient (Wildman–Crippen LogP) is 4.16. The minimum Gasteiger partial charge on any atom is -0.342 e. The highest BCUT2D eigenvalue weighted by Crippen LogP contribution is 2.38. The van der Waals surface area contributed by atoms with Crippen LogP contribution in [0.5, 0.6) is 0 Å². The van der Waals surface area contributed by atoms with Gasteiger partial charge in [0.1, 0.15) is 0 Å². The summed E-state index contributed by atoms with van der Waals surface area (Å²) < 4.78 is 2.04. The number of aromatic nitrogens is 3. The van der Waals surface area contributed by atoms with Crippen molar-refractivity contribution < 1.29 is 4.79 Å². The van der Waals surface area contributed by atoms with Gasteiger partial charge in [-0.1, -0.05) is 25.1 Å². The zero-order chi connectivity index (χ0) is 18.8. The molecule has 27 heavy (non-hydrogen) atoms. The molecule has 0 N–H and O–H groups in total. The van der Waals surface area contributed by atoms with Crippen LogP contribution in [-0.4, -0.2) is 44.4 Å². The monoisotopic (exact) mass is 404 g/mol. The lowest BCUT2D eigenvalue weighted by Crippen LogP contribution is -2.36. The highest BCUT2D eigenvalue weighted by atomic mass is 32.2. The van der Waals surface area contributed by atoms with E-state index in [0.717, 1.165) is 42.8 Å². The quantitative estimate of drug-likeness (QED) is 0.702. The number of likely N-dealkylation sites (tertiary alicyclic amines) is 1. The first-order valence-electron chi connectivity index (χ1n) is 10.1. The molecular formula is C20H28N4OS2. The zero-order valence-electron chi connectivity index (χ0n) is 16.2. The van der Waals surface area contributed by atoms with Crippen LogP contribution in [0.1, 0.15) is 49.5 Å². The Morgan fingerprint density at radius 1 is 1.30 bits per heavy atom. The first-order valence-corrected chi connectivity index (χ1v) is 11.9. The fourth-order valence-electron chi connectivity index (χ4n) is 4.07. The second-order valence-corrected chi connectivity index (χ2v) is 9.75. The summed E-state index contributed by atoms with van der Waals surface area (Å²) >= 11 is 3.37. The summed E-state index contributed by atoms with van der Waals surface area (Å²) in [6.07, 6.45) is 8.48. The minimum atomic E-state index is 0.224. The fraction of sp³-hybridized carbons (Fsp3) is 0.650. The van der Waals surface area contributed by atoms with E-state index in [0.29, 0.717) is 5.75 Å². The lowest BCUT2D eigenvalue weighted by Gasteiger charge is -2.26. The van der Waals surface area contributed by atoms with Gasteiger partial charge in [0.05, 0.1) is 10.6 Å². The maximum Gasteiger partial charge on any atom is 0.233 e. The van der Waals surface area contributed by atoms with Crippen LogP contribution in [0.15, 0.2) is 11.2 Å². The Balaban J connectivity index is 1.43. The molecule has 0 aromatic carbocycles. The van der Waals surface area contributed by atoms with Crippen molar-refractivity contribution in [1.82, 2.24) is 19.7 Å². The van der Waals surface area contributed by atoms with Crippen LogP contribution in [0.3, 0.4) is 0 Å². The van der Waals surface area contributed by atoms with Crippen LogP contribution in [-0.2, 0) is 24.7 Å². The van der Waals surface area contributed by atoms with Crippen molar-refractivity contribution in [3.63, 3.8) is 0 Å². The average Bonchev–Trinajstić information content (AvgIpc) is 3.29. The molecule has 0 saturated carbocycles. The van der Waals surface area contributed by atoms with Gasteiger partial charge in [-0.25, -0.2) is 0 Å². The van der Waals surface area contributed by atoms with E-state index in [9.17, 15) is 4.79 Å². The van der Waals surface area contributed by atoms with E-state index in [-0.39, 0.29) is 5.91 Å². The molecule has 1 unspecified atom stereocenters. The van der Waals surface area contributed by atoms with Crippen molar-refractivity contribution in [2.24, 2.45) is 13.0 Å². The number of rotatable bonds is 5. The number of piperidine rings is 1. The van der Waals surface area contributed by atoms with Gasteiger partial charge >= 0.3 is 0 Å². The summed E-state index contributed by atoms with van der Waals surface area (Å²) in [5.41, 5.74) is 1.51. The number of hydrogen-bond acceptors (Lipinski definition) is 5. The van der Waals surface area contributed by atoms with Gasteiger partial charge in [0.15, 0.2) is 11.0 Å². The summed E-state index contributed by atoms with van der Waals surface area (Å²) in [7, 11) is 2.01. The molecule has 5 nitrogen and oxygen atoms in total. The summed E-state index contributed by atoms with van der Waals surface area (Å²) in [6, 6.07) is 2.32. The lowest BCUT2D eigenvalue weighted by molar-refractivity contribution is -0.129. The molecule has 2 aliphatic rings. The SMILES string of the molecule is CCC1CCc2sc(-c3nnc(SCC(=O)N4CCCCC4)n3C)cc2C1. The van der Waals surface area contributed by atoms with Gasteiger partial charge in [0, 0.05) is 25.0 Å². The molecule has 4 rings (SSSR count). The van der Waals surface area contributed by atoms with Crippen LogP contribution in [0.4, 0.5) is 0 Å². The molecule has 3 heterocycles. The van der Waals surface area contributed by atoms with Crippen molar-refractivity contribution in [2.75, 3.05) is 18.8 Å². The summed E-state index contributed by atoms with van der Waals surface area (Å²) in [5, 5.41) is 9.62. The molecule has 1 atom stereocenters. The fourth-order valence-corrected chi connectivity index (χ4v) is 6.12. The van der Waals surface area contributed by atoms with Gasteiger partial charge in [0.25, 0.3) is 0 Å². The maximum absolute atomic E-state index is 12.4. The predicted molar refractivity (Wildman–Crippen MR) is 111 cm³/mol. The maximum atomic E-state index is 12.4. The molecule has 1 amide bonds. The van der Waals surface area contributed by atoms with E-state index in [1.807, 2.05) is 27.9 Å². The van der Waals surface area contributed by atoms with Crippen molar-refractivity contribution in [2.45, 2.75) is 57.0 Å². The van der Waals surface area contributed by atoms with Crippen LogP contribution in [0.2, 0.25) is 0 Å². The number of hydrogen-bond donors (Lipinski definition) is 0. The van der Waals surface area contributed by atoms with Crippen molar-refractivity contribution in [3.05, 3.63) is 16.5 Å². The Kier molecular flexibility index (Phi) is 5.88. The second-order valence-electron chi connectivity index (χ2n) is 7.67. The number of fused-ring (bicyclic) bond motifs is 1. The first kappa shape index (κ1) is 19.0. The number of thiophene rings is 1. The lowest BCUT2D eigenvalue weighted by atomic mass is 9.87. The highest BCUT2D eigenvalue weighted by molar-refractivity contribution is 7.99. The van der Waals surface area contributed by atoms with Crippen LogP contribution < -0.4 is 0 Å². The van der Waals surface area contributed by atoms with E-state index < -0.39 is 0 Å². The van der Waals surface area contributed by atoms with Crippen LogP contribution in [0.25, 0.3) is 10.7 Å². The molecular weight excluding hydrogens is 376 g/mol. The van der Waals surface area contributed by atoms with Gasteiger partial charge in [-0.2, -0.15) is 0 Å². The standard InChI is InChI=1S/C20H28N4OS2/c1-3-14-7-8-16-15(11-14)12-17(27-16)19-21-22-20(23(19)2)26-13-18(25)24-9-5-4-6-10-24/h12,14H,3-11,13H2,1-2H3. The molecule has 1 aliphatic carbocycles. The first-order chi connectivity index (χ1) is 13.2. The minimum absolute atomic E-state index is 0.224. The zero-order valence-corrected chi connectivity index (χ0v) is 17.9. The summed E-state index contributed by atoms with van der Waals surface area (Å²) in [6.45, 7) is 4.10. The molecule has 146 valence electrons. The van der Waals surface area contributed by atoms with Crippen molar-refractivity contribution >= 4 is 29.0 Å². The van der Waals surface area contributed by atoms with E-state index in [1.165, 1.54) is 59.2 Å². The van der Waals surface area contributed by atoms with Gasteiger partial charge in [0.2, 0.25) is 5.91 Å². The van der Waals surface area contributed by atoms with Crippen molar-refractivity contribution in [3.8, 4) is 10.7 Å². The third-order valence-corrected chi connectivity index (χ3v) is 8.09. The summed E-state index contributed by atoms with van der Waals surface area (Å²) in [4.78, 5) is 17.1. The van der Waals surface area contributed by atoms with Crippen LogP contribution >= 0.6 is 23.1 Å². The largest absolute Gasteiger partial charge is 0.342 e. The normalized spacial score (nSPS) is 19.9. The van der Waals surface area contributed by atoms with Gasteiger partial charge < -0.3 is 9.47 Å². The molecule has 1 aliphatic heterocycles. The van der Waals surface area contributed by atoms with E-state index in [2.05, 4.69) is 23.2 Å². The van der Waals surface area contributed by atoms with E-state index >= 15 is 0 Å². The van der Waals surface area contributed by atoms with Crippen molar-refractivity contribution in [1.29, 1.82) is 0 Å². The number of aryl methyl sites for hydroxylation is 1. The van der Waals surface area contributed by atoms with E-state index in [4.69, 9.17) is 0 Å². The Labute approximate surface area is 169 Å². The average molecular weight is 405 g/mol. The molecule has 0 radical (unpaired) electrons. The Bertz CT molecular complexity index is 807. The third kappa shape index (κ3) is 4.09. The second kappa shape index (κ2) is 8.35. The molecule has 1 saturated heterocycles. The molecule has 2 aromatic heterocycles. The highest BCUT2D eigenvalue weighted by Gasteiger charge is 2.23. The number of amides is 1. The van der Waals surface area contributed by atoms with Gasteiger partial charge in [-0.15, -0.1) is 21.5 Å². The molecule has 0 bridgehead atoms. The number of carbonyl (C=O) groups excluding carboxylic acids is 1. The van der Waals surface area contributed by atoms with Gasteiger partial charge in [-0.3, -0.25) is 4.79 Å². The molecule has 0 spiro atoms. The third-order valence-electron chi connectivity index (χ3n) is 5.85.